The maximum Gasteiger partial charge on any atom is 0.257 e. The lowest BCUT2D eigenvalue weighted by Crippen LogP contribution is -2.33. The van der Waals surface area contributed by atoms with Gasteiger partial charge in [0.05, 0.1) is 5.56 Å². The van der Waals surface area contributed by atoms with Gasteiger partial charge < -0.3 is 14.8 Å². The molecule has 1 aliphatic heterocycles. The van der Waals surface area contributed by atoms with Crippen molar-refractivity contribution in [3.05, 3.63) is 48.3 Å². The van der Waals surface area contributed by atoms with E-state index in [-0.39, 0.29) is 5.91 Å². The molecule has 1 N–H and O–H groups in total. The molecule has 0 radical (unpaired) electrons. The van der Waals surface area contributed by atoms with Crippen LogP contribution in [0, 0.1) is 0 Å². The number of fused-ring (bicyclic) bond motifs is 1. The molecule has 0 saturated carbocycles. The molecule has 108 valence electrons. The van der Waals surface area contributed by atoms with Crippen LogP contribution in [-0.2, 0) is 0 Å². The number of hydrogen-bond acceptors (Lipinski definition) is 4. The first-order valence-electron chi connectivity index (χ1n) is 6.83. The summed E-state index contributed by atoms with van der Waals surface area (Å²) in [6, 6.07) is 8.79. The standard InChI is InChI=1S/C16H16N2O3/c1-3-16(2)20-13-7-6-12(9-14(13)21-16)18-15(19)11-5-4-8-17-10-11/h4-10H,3H2,1-2H3,(H,18,19). The number of pyridine rings is 1. The van der Waals surface area contributed by atoms with Crippen LogP contribution >= 0.6 is 0 Å². The van der Waals surface area contributed by atoms with Crippen LogP contribution in [0.1, 0.15) is 30.6 Å². The summed E-state index contributed by atoms with van der Waals surface area (Å²) in [5.41, 5.74) is 1.17. The first kappa shape index (κ1) is 13.4. The molecule has 0 spiro atoms. The van der Waals surface area contributed by atoms with Crippen molar-refractivity contribution in [2.75, 3.05) is 5.32 Å². The van der Waals surface area contributed by atoms with E-state index >= 15 is 0 Å². The van der Waals surface area contributed by atoms with Crippen LogP contribution in [0.15, 0.2) is 42.7 Å². The molecule has 2 aromatic rings. The molecular formula is C16H16N2O3. The van der Waals surface area contributed by atoms with Gasteiger partial charge in [0.2, 0.25) is 5.79 Å². The largest absolute Gasteiger partial charge is 0.449 e. The van der Waals surface area contributed by atoms with E-state index in [2.05, 4.69) is 10.3 Å². The SMILES string of the molecule is CCC1(C)Oc2ccc(NC(=O)c3cccnc3)cc2O1. The molecule has 21 heavy (non-hydrogen) atoms. The summed E-state index contributed by atoms with van der Waals surface area (Å²) in [5.74, 6) is 0.496. The molecule has 1 aliphatic rings. The Morgan fingerprint density at radius 2 is 2.10 bits per heavy atom. The average Bonchev–Trinajstić information content (AvgIpc) is 2.84. The number of rotatable bonds is 3. The highest BCUT2D eigenvalue weighted by atomic mass is 16.7. The second-order valence-electron chi connectivity index (χ2n) is 5.05. The van der Waals surface area contributed by atoms with Crippen molar-refractivity contribution >= 4 is 11.6 Å². The molecule has 3 rings (SSSR count). The van der Waals surface area contributed by atoms with Crippen molar-refractivity contribution in [3.8, 4) is 11.5 Å². The lowest BCUT2D eigenvalue weighted by atomic mass is 10.2. The molecule has 1 aromatic carbocycles. The topological polar surface area (TPSA) is 60.5 Å². The van der Waals surface area contributed by atoms with E-state index < -0.39 is 5.79 Å². The number of benzene rings is 1. The van der Waals surface area contributed by atoms with E-state index in [0.717, 1.165) is 6.42 Å². The van der Waals surface area contributed by atoms with Gasteiger partial charge in [0.15, 0.2) is 11.5 Å². The van der Waals surface area contributed by atoms with Gasteiger partial charge in [0.1, 0.15) is 0 Å². The van der Waals surface area contributed by atoms with Crippen molar-refractivity contribution in [1.82, 2.24) is 4.98 Å². The number of anilines is 1. The molecule has 0 aliphatic carbocycles. The van der Waals surface area contributed by atoms with Gasteiger partial charge in [-0.25, -0.2) is 0 Å². The van der Waals surface area contributed by atoms with Crippen LogP contribution in [0.25, 0.3) is 0 Å². The second-order valence-corrected chi connectivity index (χ2v) is 5.05. The zero-order chi connectivity index (χ0) is 14.9. The Hall–Kier alpha value is -2.56. The zero-order valence-electron chi connectivity index (χ0n) is 11.9. The molecule has 5 heteroatoms. The Labute approximate surface area is 122 Å². The van der Waals surface area contributed by atoms with Gasteiger partial charge in [-0.15, -0.1) is 0 Å². The van der Waals surface area contributed by atoms with E-state index in [4.69, 9.17) is 9.47 Å². The number of carbonyl (C=O) groups excluding carboxylic acids is 1. The third-order valence-electron chi connectivity index (χ3n) is 3.42. The van der Waals surface area contributed by atoms with Gasteiger partial charge in [-0.1, -0.05) is 6.92 Å². The molecule has 1 atom stereocenters. The van der Waals surface area contributed by atoms with Crippen molar-refractivity contribution in [2.24, 2.45) is 0 Å². The second kappa shape index (κ2) is 5.09. The lowest BCUT2D eigenvalue weighted by Gasteiger charge is -2.20. The normalized spacial score (nSPS) is 19.3. The monoisotopic (exact) mass is 284 g/mol. The van der Waals surface area contributed by atoms with Crippen LogP contribution in [0.5, 0.6) is 11.5 Å². The number of amides is 1. The van der Waals surface area contributed by atoms with E-state index in [0.29, 0.717) is 22.7 Å². The third-order valence-corrected chi connectivity index (χ3v) is 3.42. The van der Waals surface area contributed by atoms with Gasteiger partial charge in [-0.2, -0.15) is 0 Å². The summed E-state index contributed by atoms with van der Waals surface area (Å²) in [7, 11) is 0. The van der Waals surface area contributed by atoms with Crippen molar-refractivity contribution in [2.45, 2.75) is 26.1 Å². The van der Waals surface area contributed by atoms with Crippen LogP contribution in [0.3, 0.4) is 0 Å². The van der Waals surface area contributed by atoms with Crippen LogP contribution in [0.2, 0.25) is 0 Å². The summed E-state index contributed by atoms with van der Waals surface area (Å²) in [6.07, 6.45) is 3.89. The van der Waals surface area contributed by atoms with Crippen LogP contribution in [0.4, 0.5) is 5.69 Å². The molecular weight excluding hydrogens is 268 g/mol. The highest BCUT2D eigenvalue weighted by Crippen LogP contribution is 2.42. The number of ether oxygens (including phenoxy) is 2. The van der Waals surface area contributed by atoms with Crippen LogP contribution < -0.4 is 14.8 Å². The van der Waals surface area contributed by atoms with E-state index in [1.165, 1.54) is 6.20 Å². The summed E-state index contributed by atoms with van der Waals surface area (Å²) in [4.78, 5) is 16.0. The van der Waals surface area contributed by atoms with Crippen molar-refractivity contribution < 1.29 is 14.3 Å². The molecule has 1 amide bonds. The molecule has 0 saturated heterocycles. The number of aromatic nitrogens is 1. The molecule has 1 unspecified atom stereocenters. The van der Waals surface area contributed by atoms with Gasteiger partial charge in [0, 0.05) is 37.5 Å². The highest BCUT2D eigenvalue weighted by Gasteiger charge is 2.34. The molecule has 0 bridgehead atoms. The summed E-state index contributed by atoms with van der Waals surface area (Å²) in [6.45, 7) is 3.89. The molecule has 1 aromatic heterocycles. The van der Waals surface area contributed by atoms with Crippen molar-refractivity contribution in [3.63, 3.8) is 0 Å². The summed E-state index contributed by atoms with van der Waals surface area (Å²) < 4.78 is 11.5. The Balaban J connectivity index is 1.78. The summed E-state index contributed by atoms with van der Waals surface area (Å²) >= 11 is 0. The minimum absolute atomic E-state index is 0.208. The van der Waals surface area contributed by atoms with E-state index in [1.54, 1.807) is 36.5 Å². The number of nitrogens with one attached hydrogen (secondary N) is 1. The minimum atomic E-state index is -0.631. The fourth-order valence-corrected chi connectivity index (χ4v) is 2.08. The smallest absolute Gasteiger partial charge is 0.257 e. The minimum Gasteiger partial charge on any atom is -0.449 e. The quantitative estimate of drug-likeness (QED) is 0.940. The van der Waals surface area contributed by atoms with E-state index in [9.17, 15) is 4.79 Å². The third kappa shape index (κ3) is 2.67. The predicted octanol–water partition coefficient (Wildman–Crippen LogP) is 3.23. The molecule has 0 fully saturated rings. The molecule has 5 nitrogen and oxygen atoms in total. The fraction of sp³-hybridized carbons (Fsp3) is 0.250. The fourth-order valence-electron chi connectivity index (χ4n) is 2.08. The Morgan fingerprint density at radius 3 is 2.81 bits per heavy atom. The maximum absolute atomic E-state index is 12.1. The Kier molecular flexibility index (Phi) is 3.25. The Bertz CT molecular complexity index is 672. The average molecular weight is 284 g/mol. The Morgan fingerprint density at radius 1 is 1.29 bits per heavy atom. The van der Waals surface area contributed by atoms with Crippen molar-refractivity contribution in [1.29, 1.82) is 0 Å². The van der Waals surface area contributed by atoms with E-state index in [1.807, 2.05) is 13.8 Å². The van der Waals surface area contributed by atoms with Crippen LogP contribution in [-0.4, -0.2) is 16.7 Å². The van der Waals surface area contributed by atoms with Gasteiger partial charge in [-0.05, 0) is 24.3 Å². The molecule has 2 heterocycles. The number of carbonyl (C=O) groups is 1. The van der Waals surface area contributed by atoms with Gasteiger partial charge in [-0.3, -0.25) is 9.78 Å². The predicted molar refractivity (Wildman–Crippen MR) is 78.6 cm³/mol. The highest BCUT2D eigenvalue weighted by molar-refractivity contribution is 6.04. The first-order chi connectivity index (χ1) is 10.1. The zero-order valence-corrected chi connectivity index (χ0v) is 11.9. The summed E-state index contributed by atoms with van der Waals surface area (Å²) in [5, 5.41) is 2.82. The van der Waals surface area contributed by atoms with Gasteiger partial charge in [0.25, 0.3) is 5.91 Å². The number of hydrogen-bond donors (Lipinski definition) is 1. The maximum atomic E-state index is 12.1. The lowest BCUT2D eigenvalue weighted by molar-refractivity contribution is -0.0640. The first-order valence-corrected chi connectivity index (χ1v) is 6.83. The number of nitrogens with zero attached hydrogens (tertiary/aromatic N) is 1. The van der Waals surface area contributed by atoms with Gasteiger partial charge >= 0.3 is 0 Å².